The van der Waals surface area contributed by atoms with Crippen LogP contribution in [0.25, 0.3) is 0 Å². The molecule has 2 rings (SSSR count). The van der Waals surface area contributed by atoms with Gasteiger partial charge in [-0.15, -0.1) is 0 Å². The number of ether oxygens (including phenoxy) is 2. The molecule has 5 nitrogen and oxygen atoms in total. The molecule has 0 spiro atoms. The van der Waals surface area contributed by atoms with Gasteiger partial charge < -0.3 is 19.9 Å². The van der Waals surface area contributed by atoms with Gasteiger partial charge in [-0.1, -0.05) is 24.3 Å². The molecule has 1 unspecified atom stereocenters. The zero-order chi connectivity index (χ0) is 16.5. The Morgan fingerprint density at radius 2 is 1.83 bits per heavy atom. The van der Waals surface area contributed by atoms with E-state index >= 15 is 0 Å². The van der Waals surface area contributed by atoms with E-state index in [4.69, 9.17) is 14.7 Å². The molecule has 0 heterocycles. The Kier molecular flexibility index (Phi) is 6.42. The van der Waals surface area contributed by atoms with Crippen LogP contribution in [0.15, 0.2) is 48.5 Å². The maximum Gasteiger partial charge on any atom is 0.161 e. The van der Waals surface area contributed by atoms with E-state index in [1.165, 1.54) is 0 Å². The fourth-order valence-electron chi connectivity index (χ4n) is 2.11. The van der Waals surface area contributed by atoms with E-state index in [-0.39, 0.29) is 0 Å². The smallest absolute Gasteiger partial charge is 0.161 e. The van der Waals surface area contributed by atoms with Crippen molar-refractivity contribution in [2.75, 3.05) is 26.8 Å². The van der Waals surface area contributed by atoms with Gasteiger partial charge in [0.25, 0.3) is 0 Å². The van der Waals surface area contributed by atoms with Gasteiger partial charge in [0.1, 0.15) is 6.61 Å². The number of para-hydroxylation sites is 2. The average Bonchev–Trinajstić information content (AvgIpc) is 2.61. The number of rotatable bonds is 8. The van der Waals surface area contributed by atoms with Gasteiger partial charge in [-0.25, -0.2) is 0 Å². The van der Waals surface area contributed by atoms with E-state index in [1.807, 2.05) is 24.3 Å². The highest BCUT2D eigenvalue weighted by Gasteiger charge is 2.07. The zero-order valence-electron chi connectivity index (χ0n) is 13.0. The number of aliphatic hydroxyl groups is 1. The number of methoxy groups -OCH3 is 1. The zero-order valence-corrected chi connectivity index (χ0v) is 13.0. The van der Waals surface area contributed by atoms with E-state index in [1.54, 1.807) is 31.4 Å². The average molecular weight is 312 g/mol. The first-order chi connectivity index (χ1) is 11.2. The van der Waals surface area contributed by atoms with Crippen LogP contribution in [0.1, 0.15) is 17.2 Å². The van der Waals surface area contributed by atoms with E-state index < -0.39 is 6.10 Å². The molecule has 1 atom stereocenters. The Bertz CT molecular complexity index is 650. The van der Waals surface area contributed by atoms with Crippen LogP contribution in [0, 0.1) is 11.3 Å². The third kappa shape index (κ3) is 4.99. The van der Waals surface area contributed by atoms with Gasteiger partial charge >= 0.3 is 0 Å². The second-order valence-corrected chi connectivity index (χ2v) is 4.95. The molecule has 0 aliphatic rings. The first-order valence-corrected chi connectivity index (χ1v) is 7.39. The molecule has 23 heavy (non-hydrogen) atoms. The predicted molar refractivity (Wildman–Crippen MR) is 87.5 cm³/mol. The summed E-state index contributed by atoms with van der Waals surface area (Å²) in [5.74, 6) is 1.40. The summed E-state index contributed by atoms with van der Waals surface area (Å²) in [4.78, 5) is 0. The van der Waals surface area contributed by atoms with Crippen LogP contribution in [0.5, 0.6) is 11.5 Å². The highest BCUT2D eigenvalue weighted by molar-refractivity contribution is 5.39. The van der Waals surface area contributed by atoms with Crippen molar-refractivity contribution in [1.29, 1.82) is 5.26 Å². The van der Waals surface area contributed by atoms with Gasteiger partial charge in [0.2, 0.25) is 0 Å². The molecule has 0 radical (unpaired) electrons. The summed E-state index contributed by atoms with van der Waals surface area (Å²) in [5.41, 5.74) is 1.36. The molecule has 2 N–H and O–H groups in total. The Balaban J connectivity index is 1.71. The quantitative estimate of drug-likeness (QED) is 0.731. The van der Waals surface area contributed by atoms with Crippen molar-refractivity contribution < 1.29 is 14.6 Å². The molecule has 2 aromatic carbocycles. The van der Waals surface area contributed by atoms with Crippen molar-refractivity contribution >= 4 is 0 Å². The molecule has 0 bridgehead atoms. The number of nitriles is 1. The molecule has 5 heteroatoms. The van der Waals surface area contributed by atoms with E-state index in [9.17, 15) is 5.11 Å². The minimum atomic E-state index is -0.617. The van der Waals surface area contributed by atoms with Crippen LogP contribution in [0.4, 0.5) is 0 Å². The van der Waals surface area contributed by atoms with Crippen molar-refractivity contribution in [3.63, 3.8) is 0 Å². The monoisotopic (exact) mass is 312 g/mol. The van der Waals surface area contributed by atoms with Crippen LogP contribution >= 0.6 is 0 Å². The minimum absolute atomic E-state index is 0.418. The molecule has 0 aliphatic carbocycles. The third-order valence-corrected chi connectivity index (χ3v) is 3.37. The molecular formula is C18H20N2O3. The highest BCUT2D eigenvalue weighted by atomic mass is 16.5. The summed E-state index contributed by atoms with van der Waals surface area (Å²) in [6, 6.07) is 16.4. The highest BCUT2D eigenvalue weighted by Crippen LogP contribution is 2.25. The van der Waals surface area contributed by atoms with E-state index in [0.717, 1.165) is 5.56 Å². The summed E-state index contributed by atoms with van der Waals surface area (Å²) in [5, 5.41) is 22.0. The Hall–Kier alpha value is -2.55. The molecule has 0 saturated carbocycles. The molecule has 0 fully saturated rings. The Labute approximate surface area is 136 Å². The van der Waals surface area contributed by atoms with Gasteiger partial charge in [-0.2, -0.15) is 5.26 Å². The summed E-state index contributed by atoms with van der Waals surface area (Å²) in [6.07, 6.45) is -0.617. The lowest BCUT2D eigenvalue weighted by Gasteiger charge is -2.13. The lowest BCUT2D eigenvalue weighted by molar-refractivity contribution is 0.171. The van der Waals surface area contributed by atoms with Crippen molar-refractivity contribution in [3.05, 3.63) is 59.7 Å². The lowest BCUT2D eigenvalue weighted by Crippen LogP contribution is -2.26. The molecule has 2 aromatic rings. The van der Waals surface area contributed by atoms with Crippen molar-refractivity contribution in [3.8, 4) is 17.6 Å². The number of benzene rings is 2. The number of hydrogen-bond acceptors (Lipinski definition) is 5. The third-order valence-electron chi connectivity index (χ3n) is 3.37. The normalized spacial score (nSPS) is 11.5. The maximum absolute atomic E-state index is 10.1. The van der Waals surface area contributed by atoms with E-state index in [2.05, 4.69) is 11.4 Å². The standard InChI is InChI=1S/C18H20N2O3/c1-22-17-4-2-3-5-18(17)23-11-10-20-13-16(21)15-8-6-14(12-19)7-9-15/h2-9,16,20-21H,10-11,13H2,1H3. The van der Waals surface area contributed by atoms with E-state index in [0.29, 0.717) is 36.8 Å². The van der Waals surface area contributed by atoms with Crippen molar-refractivity contribution in [2.24, 2.45) is 0 Å². The Morgan fingerprint density at radius 3 is 2.48 bits per heavy atom. The fourth-order valence-corrected chi connectivity index (χ4v) is 2.11. The first-order valence-electron chi connectivity index (χ1n) is 7.39. The fraction of sp³-hybridized carbons (Fsp3) is 0.278. The lowest BCUT2D eigenvalue weighted by atomic mass is 10.1. The second kappa shape index (κ2) is 8.79. The molecular weight excluding hydrogens is 292 g/mol. The van der Waals surface area contributed by atoms with Gasteiger partial charge in [0.15, 0.2) is 11.5 Å². The topological polar surface area (TPSA) is 74.5 Å². The van der Waals surface area contributed by atoms with Crippen LogP contribution in [-0.4, -0.2) is 31.9 Å². The Morgan fingerprint density at radius 1 is 1.13 bits per heavy atom. The molecule has 0 aliphatic heterocycles. The summed E-state index contributed by atoms with van der Waals surface area (Å²) in [7, 11) is 1.61. The van der Waals surface area contributed by atoms with Crippen molar-refractivity contribution in [1.82, 2.24) is 5.32 Å². The predicted octanol–water partition coefficient (Wildman–Crippen LogP) is 2.27. The van der Waals surface area contributed by atoms with Crippen LogP contribution < -0.4 is 14.8 Å². The summed E-state index contributed by atoms with van der Waals surface area (Å²) >= 11 is 0. The van der Waals surface area contributed by atoms with Gasteiger partial charge in [-0.05, 0) is 29.8 Å². The van der Waals surface area contributed by atoms with Crippen LogP contribution in [0.3, 0.4) is 0 Å². The van der Waals surface area contributed by atoms with Gasteiger partial charge in [0.05, 0.1) is 24.8 Å². The first kappa shape index (κ1) is 16.8. The van der Waals surface area contributed by atoms with Gasteiger partial charge in [-0.3, -0.25) is 0 Å². The maximum atomic E-state index is 10.1. The molecule has 0 amide bonds. The SMILES string of the molecule is COc1ccccc1OCCNCC(O)c1ccc(C#N)cc1. The molecule has 0 saturated heterocycles. The number of aliphatic hydroxyl groups excluding tert-OH is 1. The second-order valence-electron chi connectivity index (χ2n) is 4.95. The minimum Gasteiger partial charge on any atom is -0.493 e. The number of hydrogen-bond donors (Lipinski definition) is 2. The van der Waals surface area contributed by atoms with Crippen molar-refractivity contribution in [2.45, 2.75) is 6.10 Å². The molecule has 120 valence electrons. The number of nitrogens with one attached hydrogen (secondary N) is 1. The summed E-state index contributed by atoms with van der Waals surface area (Å²) in [6.45, 7) is 1.49. The summed E-state index contributed by atoms with van der Waals surface area (Å²) < 4.78 is 10.8. The van der Waals surface area contributed by atoms with Crippen LogP contribution in [-0.2, 0) is 0 Å². The van der Waals surface area contributed by atoms with Crippen LogP contribution in [0.2, 0.25) is 0 Å². The molecule has 0 aromatic heterocycles. The van der Waals surface area contributed by atoms with Gasteiger partial charge in [0, 0.05) is 13.1 Å². The number of nitrogens with zero attached hydrogens (tertiary/aromatic N) is 1. The largest absolute Gasteiger partial charge is 0.493 e.